The third-order valence-electron chi connectivity index (χ3n) is 2.35. The second kappa shape index (κ2) is 2.43. The lowest BCUT2D eigenvalue weighted by Crippen LogP contribution is -2.30. The third kappa shape index (κ3) is 1.80. The lowest BCUT2D eigenvalue weighted by Gasteiger charge is -2.21. The van der Waals surface area contributed by atoms with Crippen LogP contribution in [-0.4, -0.2) is 13.1 Å². The predicted octanol–water partition coefficient (Wildman–Crippen LogP) is 2.13. The standard InChI is InChI=1S/C7H16OSi/c1-9(2,8)7-5-3-4-6-7/h7-8H,3-6H2,1-2H3. The fourth-order valence-electron chi connectivity index (χ4n) is 1.63. The summed E-state index contributed by atoms with van der Waals surface area (Å²) < 4.78 is 0. The fraction of sp³-hybridized carbons (Fsp3) is 1.00. The van der Waals surface area contributed by atoms with E-state index in [0.29, 0.717) is 5.54 Å². The van der Waals surface area contributed by atoms with E-state index in [4.69, 9.17) is 0 Å². The average Bonchev–Trinajstić information content (AvgIpc) is 2.08. The van der Waals surface area contributed by atoms with E-state index in [0.717, 1.165) is 0 Å². The van der Waals surface area contributed by atoms with Crippen LogP contribution in [0.5, 0.6) is 0 Å². The van der Waals surface area contributed by atoms with Gasteiger partial charge in [-0.3, -0.25) is 0 Å². The Balaban J connectivity index is 2.42. The van der Waals surface area contributed by atoms with Gasteiger partial charge in [0.2, 0.25) is 0 Å². The van der Waals surface area contributed by atoms with Crippen LogP contribution in [0.25, 0.3) is 0 Å². The van der Waals surface area contributed by atoms with Crippen molar-refractivity contribution in [3.63, 3.8) is 0 Å². The molecule has 0 spiro atoms. The van der Waals surface area contributed by atoms with Crippen molar-refractivity contribution in [1.82, 2.24) is 0 Å². The molecule has 0 aromatic heterocycles. The Kier molecular flexibility index (Phi) is 1.96. The summed E-state index contributed by atoms with van der Waals surface area (Å²) in [6.45, 7) is 4.12. The zero-order chi connectivity index (χ0) is 6.91. The van der Waals surface area contributed by atoms with Crippen LogP contribution in [0.1, 0.15) is 25.7 Å². The average molecular weight is 144 g/mol. The van der Waals surface area contributed by atoms with Gasteiger partial charge in [-0.2, -0.15) is 0 Å². The first-order valence-corrected chi connectivity index (χ1v) is 6.85. The maximum atomic E-state index is 9.66. The van der Waals surface area contributed by atoms with E-state index < -0.39 is 8.32 Å². The van der Waals surface area contributed by atoms with E-state index in [1.807, 2.05) is 0 Å². The van der Waals surface area contributed by atoms with Gasteiger partial charge < -0.3 is 4.80 Å². The zero-order valence-corrected chi connectivity index (χ0v) is 7.35. The van der Waals surface area contributed by atoms with E-state index in [1.165, 1.54) is 25.7 Å². The summed E-state index contributed by atoms with van der Waals surface area (Å²) in [6.07, 6.45) is 5.27. The zero-order valence-electron chi connectivity index (χ0n) is 6.35. The van der Waals surface area contributed by atoms with Crippen molar-refractivity contribution in [1.29, 1.82) is 0 Å². The minimum Gasteiger partial charge on any atom is -0.432 e. The normalized spacial score (nSPS) is 23.0. The van der Waals surface area contributed by atoms with E-state index in [-0.39, 0.29) is 0 Å². The van der Waals surface area contributed by atoms with Crippen LogP contribution in [0.4, 0.5) is 0 Å². The molecule has 0 atom stereocenters. The molecule has 0 amide bonds. The van der Waals surface area contributed by atoms with Gasteiger partial charge in [-0.15, -0.1) is 0 Å². The summed E-state index contributed by atoms with van der Waals surface area (Å²) in [5.41, 5.74) is 0.706. The molecule has 0 heterocycles. The Labute approximate surface area is 58.2 Å². The Morgan fingerprint density at radius 2 is 1.67 bits per heavy atom. The van der Waals surface area contributed by atoms with Crippen LogP contribution < -0.4 is 0 Å². The monoisotopic (exact) mass is 144 g/mol. The summed E-state index contributed by atoms with van der Waals surface area (Å²) in [5.74, 6) is 0. The highest BCUT2D eigenvalue weighted by Crippen LogP contribution is 2.36. The molecule has 0 unspecified atom stereocenters. The molecule has 1 rings (SSSR count). The summed E-state index contributed by atoms with van der Waals surface area (Å²) in [7, 11) is -1.72. The quantitative estimate of drug-likeness (QED) is 0.559. The molecule has 0 aromatic carbocycles. The Hall–Kier alpha value is 0.177. The van der Waals surface area contributed by atoms with Gasteiger partial charge in [-0.05, 0) is 18.6 Å². The van der Waals surface area contributed by atoms with Crippen molar-refractivity contribution in [2.24, 2.45) is 0 Å². The van der Waals surface area contributed by atoms with Gasteiger partial charge in [0.1, 0.15) is 0 Å². The van der Waals surface area contributed by atoms with Gasteiger partial charge in [0.15, 0.2) is 8.32 Å². The van der Waals surface area contributed by atoms with Crippen molar-refractivity contribution in [3.8, 4) is 0 Å². The second-order valence-electron chi connectivity index (χ2n) is 3.64. The van der Waals surface area contributed by atoms with Crippen molar-refractivity contribution < 1.29 is 4.80 Å². The summed E-state index contributed by atoms with van der Waals surface area (Å²) in [6, 6.07) is 0. The van der Waals surface area contributed by atoms with Gasteiger partial charge in [0, 0.05) is 0 Å². The minimum absolute atomic E-state index is 0.706. The maximum Gasteiger partial charge on any atom is 0.185 e. The van der Waals surface area contributed by atoms with Crippen LogP contribution >= 0.6 is 0 Å². The third-order valence-corrected chi connectivity index (χ3v) is 4.93. The Morgan fingerprint density at radius 3 is 1.89 bits per heavy atom. The molecule has 1 nitrogen and oxygen atoms in total. The lowest BCUT2D eigenvalue weighted by atomic mass is 10.4. The van der Waals surface area contributed by atoms with E-state index in [1.54, 1.807) is 0 Å². The highest BCUT2D eigenvalue weighted by atomic mass is 28.4. The van der Waals surface area contributed by atoms with Crippen LogP contribution in [0.3, 0.4) is 0 Å². The lowest BCUT2D eigenvalue weighted by molar-refractivity contribution is 0.519. The molecule has 0 saturated heterocycles. The molecule has 54 valence electrons. The first kappa shape index (κ1) is 7.29. The van der Waals surface area contributed by atoms with Gasteiger partial charge in [-0.25, -0.2) is 0 Å². The first-order valence-electron chi connectivity index (χ1n) is 3.83. The van der Waals surface area contributed by atoms with Crippen LogP contribution in [0.2, 0.25) is 18.6 Å². The SMILES string of the molecule is C[Si](C)(O)C1CCCC1. The molecule has 9 heavy (non-hydrogen) atoms. The van der Waals surface area contributed by atoms with Gasteiger partial charge in [-0.1, -0.05) is 25.7 Å². The highest BCUT2D eigenvalue weighted by Gasteiger charge is 2.31. The van der Waals surface area contributed by atoms with Crippen LogP contribution in [0, 0.1) is 0 Å². The molecular formula is C7H16OSi. The summed E-state index contributed by atoms with van der Waals surface area (Å²) in [5, 5.41) is 0. The van der Waals surface area contributed by atoms with Crippen molar-refractivity contribution in [3.05, 3.63) is 0 Å². The molecule has 0 bridgehead atoms. The van der Waals surface area contributed by atoms with Crippen molar-refractivity contribution in [2.75, 3.05) is 0 Å². The van der Waals surface area contributed by atoms with Crippen molar-refractivity contribution in [2.45, 2.75) is 44.3 Å². The molecule has 2 heteroatoms. The number of hydrogen-bond acceptors (Lipinski definition) is 1. The molecule has 1 aliphatic carbocycles. The molecule has 0 aliphatic heterocycles. The van der Waals surface area contributed by atoms with Crippen LogP contribution in [0.15, 0.2) is 0 Å². The van der Waals surface area contributed by atoms with Gasteiger partial charge >= 0.3 is 0 Å². The van der Waals surface area contributed by atoms with Crippen molar-refractivity contribution >= 4 is 8.32 Å². The molecule has 1 fully saturated rings. The van der Waals surface area contributed by atoms with E-state index in [9.17, 15) is 4.80 Å². The molecular weight excluding hydrogens is 128 g/mol. The number of hydrogen-bond donors (Lipinski definition) is 1. The minimum atomic E-state index is -1.72. The van der Waals surface area contributed by atoms with E-state index >= 15 is 0 Å². The van der Waals surface area contributed by atoms with Crippen LogP contribution in [-0.2, 0) is 0 Å². The topological polar surface area (TPSA) is 20.2 Å². The molecule has 1 N–H and O–H groups in total. The molecule has 0 aromatic rings. The predicted molar refractivity (Wildman–Crippen MR) is 41.9 cm³/mol. The smallest absolute Gasteiger partial charge is 0.185 e. The summed E-state index contributed by atoms with van der Waals surface area (Å²) in [4.78, 5) is 9.66. The second-order valence-corrected chi connectivity index (χ2v) is 7.76. The van der Waals surface area contributed by atoms with E-state index in [2.05, 4.69) is 13.1 Å². The number of rotatable bonds is 1. The van der Waals surface area contributed by atoms with Gasteiger partial charge in [0.25, 0.3) is 0 Å². The Bertz CT molecular complexity index is 89.6. The molecule has 1 aliphatic rings. The summed E-state index contributed by atoms with van der Waals surface area (Å²) >= 11 is 0. The maximum absolute atomic E-state index is 9.66. The first-order chi connectivity index (χ1) is 4.11. The van der Waals surface area contributed by atoms with Gasteiger partial charge in [0.05, 0.1) is 0 Å². The fourth-order valence-corrected chi connectivity index (χ4v) is 3.45. The largest absolute Gasteiger partial charge is 0.432 e. The molecule has 1 saturated carbocycles. The molecule has 0 radical (unpaired) electrons. The Morgan fingerprint density at radius 1 is 1.22 bits per heavy atom. The highest BCUT2D eigenvalue weighted by molar-refractivity contribution is 6.71.